The van der Waals surface area contributed by atoms with Crippen molar-refractivity contribution in [2.75, 3.05) is 19.8 Å². The lowest BCUT2D eigenvalue weighted by atomic mass is 10.1. The van der Waals surface area contributed by atoms with E-state index >= 15 is 0 Å². The average molecular weight is 283 g/mol. The van der Waals surface area contributed by atoms with E-state index in [-0.39, 0.29) is 18.6 Å². The maximum atomic E-state index is 12.1. The van der Waals surface area contributed by atoms with Gasteiger partial charge in [0.05, 0.1) is 12.6 Å². The van der Waals surface area contributed by atoms with Gasteiger partial charge in [0.25, 0.3) is 5.91 Å². The molecule has 110 valence electrons. The zero-order valence-electron chi connectivity index (χ0n) is 11.1. The molecule has 0 bridgehead atoms. The van der Waals surface area contributed by atoms with Crippen LogP contribution < -0.4 is 5.32 Å². The molecule has 0 saturated carbocycles. The van der Waals surface area contributed by atoms with Gasteiger partial charge in [-0.1, -0.05) is 0 Å². The summed E-state index contributed by atoms with van der Waals surface area (Å²) in [4.78, 5) is 22.6. The van der Waals surface area contributed by atoms with Gasteiger partial charge in [-0.25, -0.2) is 4.79 Å². The Kier molecular flexibility index (Phi) is 4.70. The maximum Gasteiger partial charge on any atom is 0.329 e. The van der Waals surface area contributed by atoms with Crippen LogP contribution in [0.4, 0.5) is 0 Å². The fourth-order valence-corrected chi connectivity index (χ4v) is 2.06. The van der Waals surface area contributed by atoms with Crippen LogP contribution in [0.25, 0.3) is 0 Å². The van der Waals surface area contributed by atoms with Gasteiger partial charge < -0.3 is 19.9 Å². The number of nitrogens with zero attached hydrogens (tertiary/aromatic N) is 2. The molecule has 2 atom stereocenters. The van der Waals surface area contributed by atoms with Crippen LogP contribution >= 0.6 is 0 Å². The van der Waals surface area contributed by atoms with Crippen molar-refractivity contribution < 1.29 is 24.2 Å². The Morgan fingerprint density at radius 3 is 3.10 bits per heavy atom. The minimum atomic E-state index is -1.05. The van der Waals surface area contributed by atoms with Crippen molar-refractivity contribution in [3.05, 3.63) is 18.0 Å². The Morgan fingerprint density at radius 2 is 2.45 bits per heavy atom. The van der Waals surface area contributed by atoms with Crippen LogP contribution in [0.2, 0.25) is 0 Å². The second-order valence-electron chi connectivity index (χ2n) is 4.53. The van der Waals surface area contributed by atoms with Gasteiger partial charge in [-0.15, -0.1) is 0 Å². The molecule has 0 unspecified atom stereocenters. The molecule has 0 spiro atoms. The Bertz CT molecular complexity index is 487. The summed E-state index contributed by atoms with van der Waals surface area (Å²) in [6, 6.07) is 1.34. The number of hydrogen-bond donors (Lipinski definition) is 2. The number of carbonyl (C=O) groups is 2. The van der Waals surface area contributed by atoms with E-state index in [1.165, 1.54) is 10.9 Å². The summed E-state index contributed by atoms with van der Waals surface area (Å²) < 4.78 is 12.0. The monoisotopic (exact) mass is 283 g/mol. The number of rotatable bonds is 5. The van der Waals surface area contributed by atoms with Crippen LogP contribution in [0.3, 0.4) is 0 Å². The SMILES string of the molecule is Cn1nccc1C(=O)N[C@@H]1CCOC[C@H]1OCC(=O)O. The largest absolute Gasteiger partial charge is 0.480 e. The summed E-state index contributed by atoms with van der Waals surface area (Å²) in [6.07, 6.45) is 1.66. The highest BCUT2D eigenvalue weighted by Crippen LogP contribution is 2.12. The summed E-state index contributed by atoms with van der Waals surface area (Å²) in [7, 11) is 1.68. The molecular formula is C12H17N3O5. The molecule has 1 aliphatic heterocycles. The normalized spacial score (nSPS) is 22.4. The van der Waals surface area contributed by atoms with Gasteiger partial charge in [0.1, 0.15) is 18.4 Å². The molecule has 1 saturated heterocycles. The van der Waals surface area contributed by atoms with Crippen LogP contribution in [-0.4, -0.2) is 58.7 Å². The molecule has 8 heteroatoms. The number of hydrogen-bond acceptors (Lipinski definition) is 5. The number of aromatic nitrogens is 2. The van der Waals surface area contributed by atoms with Gasteiger partial charge in [0.2, 0.25) is 0 Å². The topological polar surface area (TPSA) is 103 Å². The first-order chi connectivity index (χ1) is 9.58. The van der Waals surface area contributed by atoms with Crippen molar-refractivity contribution >= 4 is 11.9 Å². The number of ether oxygens (including phenoxy) is 2. The van der Waals surface area contributed by atoms with E-state index in [1.54, 1.807) is 13.1 Å². The van der Waals surface area contributed by atoms with E-state index in [9.17, 15) is 9.59 Å². The number of carboxylic acid groups (broad SMARTS) is 1. The highest BCUT2D eigenvalue weighted by atomic mass is 16.5. The first-order valence-corrected chi connectivity index (χ1v) is 6.28. The number of carboxylic acids is 1. The maximum absolute atomic E-state index is 12.1. The predicted octanol–water partition coefficient (Wildman–Crippen LogP) is -0.591. The van der Waals surface area contributed by atoms with Crippen molar-refractivity contribution in [1.82, 2.24) is 15.1 Å². The van der Waals surface area contributed by atoms with Crippen molar-refractivity contribution in [3.63, 3.8) is 0 Å². The van der Waals surface area contributed by atoms with Crippen molar-refractivity contribution in [3.8, 4) is 0 Å². The van der Waals surface area contributed by atoms with E-state index in [2.05, 4.69) is 10.4 Å². The van der Waals surface area contributed by atoms with Crippen molar-refractivity contribution in [2.45, 2.75) is 18.6 Å². The van der Waals surface area contributed by atoms with Gasteiger partial charge in [-0.2, -0.15) is 5.10 Å². The average Bonchev–Trinajstić information content (AvgIpc) is 2.84. The fourth-order valence-electron chi connectivity index (χ4n) is 2.06. The molecule has 2 rings (SSSR count). The van der Waals surface area contributed by atoms with Gasteiger partial charge in [-0.3, -0.25) is 9.48 Å². The summed E-state index contributed by atoms with van der Waals surface area (Å²) in [5, 5.41) is 15.4. The number of aliphatic carboxylic acids is 1. The first-order valence-electron chi connectivity index (χ1n) is 6.28. The highest BCUT2D eigenvalue weighted by molar-refractivity contribution is 5.92. The van der Waals surface area contributed by atoms with Gasteiger partial charge in [-0.05, 0) is 12.5 Å². The summed E-state index contributed by atoms with van der Waals surface area (Å²) in [5.41, 5.74) is 0.438. The summed E-state index contributed by atoms with van der Waals surface area (Å²) >= 11 is 0. The standard InChI is InChI=1S/C12H17N3O5/c1-15-9(2-4-13-15)12(18)14-8-3-5-19-6-10(8)20-7-11(16)17/h2,4,8,10H,3,5-7H2,1H3,(H,14,18)(H,16,17)/t8-,10-/m1/s1. The van der Waals surface area contributed by atoms with Gasteiger partial charge in [0.15, 0.2) is 0 Å². The zero-order chi connectivity index (χ0) is 14.5. The first kappa shape index (κ1) is 14.5. The lowest BCUT2D eigenvalue weighted by molar-refractivity contribution is -0.148. The number of carbonyl (C=O) groups excluding carboxylic acids is 1. The van der Waals surface area contributed by atoms with Crippen molar-refractivity contribution in [2.24, 2.45) is 7.05 Å². The fraction of sp³-hybridized carbons (Fsp3) is 0.583. The molecule has 2 heterocycles. The molecule has 0 aliphatic carbocycles. The van der Waals surface area contributed by atoms with Gasteiger partial charge >= 0.3 is 5.97 Å². The molecule has 1 fully saturated rings. The van der Waals surface area contributed by atoms with E-state index in [1.807, 2.05) is 0 Å². The third-order valence-corrected chi connectivity index (χ3v) is 3.10. The third kappa shape index (κ3) is 3.55. The molecule has 0 radical (unpaired) electrons. The lowest BCUT2D eigenvalue weighted by Gasteiger charge is -2.31. The van der Waals surface area contributed by atoms with E-state index in [0.29, 0.717) is 18.7 Å². The molecule has 1 aromatic rings. The van der Waals surface area contributed by atoms with Crippen LogP contribution in [0, 0.1) is 0 Å². The quantitative estimate of drug-likeness (QED) is 0.748. The van der Waals surface area contributed by atoms with Gasteiger partial charge in [0, 0.05) is 19.9 Å². The second-order valence-corrected chi connectivity index (χ2v) is 4.53. The number of aryl methyl sites for hydroxylation is 1. The lowest BCUT2D eigenvalue weighted by Crippen LogP contribution is -2.50. The Morgan fingerprint density at radius 1 is 1.65 bits per heavy atom. The minimum absolute atomic E-state index is 0.263. The molecule has 20 heavy (non-hydrogen) atoms. The predicted molar refractivity (Wildman–Crippen MR) is 67.3 cm³/mol. The summed E-state index contributed by atoms with van der Waals surface area (Å²) in [6.45, 7) is 0.360. The summed E-state index contributed by atoms with van der Waals surface area (Å²) in [5.74, 6) is -1.31. The number of nitrogens with one attached hydrogen (secondary N) is 1. The number of amides is 1. The Balaban J connectivity index is 1.96. The zero-order valence-corrected chi connectivity index (χ0v) is 11.1. The second kappa shape index (κ2) is 6.49. The van der Waals surface area contributed by atoms with Crippen LogP contribution in [-0.2, 0) is 21.3 Å². The van der Waals surface area contributed by atoms with E-state index < -0.39 is 18.7 Å². The smallest absolute Gasteiger partial charge is 0.329 e. The molecule has 1 amide bonds. The molecule has 0 aromatic carbocycles. The van der Waals surface area contributed by atoms with Crippen molar-refractivity contribution in [1.29, 1.82) is 0 Å². The third-order valence-electron chi connectivity index (χ3n) is 3.10. The van der Waals surface area contributed by atoms with Crippen LogP contribution in [0.5, 0.6) is 0 Å². The molecule has 1 aliphatic rings. The van der Waals surface area contributed by atoms with Crippen LogP contribution in [0.15, 0.2) is 12.3 Å². The van der Waals surface area contributed by atoms with E-state index in [4.69, 9.17) is 14.6 Å². The molecular weight excluding hydrogens is 266 g/mol. The Labute approximate surface area is 115 Å². The van der Waals surface area contributed by atoms with Crippen LogP contribution in [0.1, 0.15) is 16.9 Å². The molecule has 2 N–H and O–H groups in total. The van der Waals surface area contributed by atoms with E-state index in [0.717, 1.165) is 0 Å². The molecule has 1 aromatic heterocycles. The highest BCUT2D eigenvalue weighted by Gasteiger charge is 2.29. The molecule has 8 nitrogen and oxygen atoms in total. The minimum Gasteiger partial charge on any atom is -0.480 e. The Hall–Kier alpha value is -1.93.